The fraction of sp³-hybridized carbons (Fsp3) is 0.972. The van der Waals surface area contributed by atoms with Gasteiger partial charge in [0.05, 0.1) is 25.4 Å². The van der Waals surface area contributed by atoms with Gasteiger partial charge in [-0.25, -0.2) is 0 Å². The lowest BCUT2D eigenvalue weighted by Gasteiger charge is -2.22. The van der Waals surface area contributed by atoms with E-state index in [9.17, 15) is 19.8 Å². The summed E-state index contributed by atoms with van der Waals surface area (Å²) >= 11 is 0. The molecular formula is C72H143NO5. The van der Waals surface area contributed by atoms with Gasteiger partial charge in [-0.1, -0.05) is 386 Å². The van der Waals surface area contributed by atoms with Gasteiger partial charge in [0.15, 0.2) is 0 Å². The van der Waals surface area contributed by atoms with Crippen LogP contribution in [0.4, 0.5) is 0 Å². The van der Waals surface area contributed by atoms with Crippen LogP contribution in [0.15, 0.2) is 0 Å². The van der Waals surface area contributed by atoms with Crippen LogP contribution < -0.4 is 5.32 Å². The third kappa shape index (κ3) is 64.0. The minimum Gasteiger partial charge on any atom is -0.466 e. The minimum atomic E-state index is -0.657. The van der Waals surface area contributed by atoms with Crippen LogP contribution in [-0.4, -0.2) is 47.4 Å². The molecular weight excluding hydrogens is 959 g/mol. The predicted molar refractivity (Wildman–Crippen MR) is 343 cm³/mol. The third-order valence-corrected chi connectivity index (χ3v) is 17.4. The first-order valence-corrected chi connectivity index (χ1v) is 36.3. The average molecular weight is 1100 g/mol. The summed E-state index contributed by atoms with van der Waals surface area (Å²) in [5, 5.41) is 23.2. The van der Waals surface area contributed by atoms with Crippen LogP contribution >= 0.6 is 0 Å². The standard InChI is InChI=1S/C72H143NO5/c1-3-5-7-9-11-13-44-48-52-56-60-64-70(75)69(68-74)73-71(76)65-61-57-53-49-46-42-40-38-36-34-32-30-28-26-24-22-20-18-16-15-17-19-21-23-25-27-29-31-33-35-37-39-41-43-47-51-55-59-63-67-78-72(77)66-62-58-54-50-45-14-12-10-8-6-4-2/h69-70,74-75H,3-68H2,1-2H3,(H,73,76). The SMILES string of the molecule is CCCCCCCCCCCCCC(=O)OCCCCCCCCCCCCCCCCCCCCCCCCCCCCCCCCCCCCCCCCCC(=O)NC(CO)C(O)CCCCCCCCCCCCC. The smallest absolute Gasteiger partial charge is 0.305 e. The van der Waals surface area contributed by atoms with Crippen molar-refractivity contribution >= 4 is 11.9 Å². The molecule has 2 unspecified atom stereocenters. The summed E-state index contributed by atoms with van der Waals surface area (Å²) in [6.45, 7) is 4.98. The molecule has 0 aliphatic heterocycles. The zero-order valence-electron chi connectivity index (χ0n) is 53.4. The molecule has 3 N–H and O–H groups in total. The van der Waals surface area contributed by atoms with E-state index in [2.05, 4.69) is 19.2 Å². The molecule has 0 saturated carbocycles. The average Bonchev–Trinajstić information content (AvgIpc) is 3.44. The lowest BCUT2D eigenvalue weighted by Crippen LogP contribution is -2.45. The number of rotatable bonds is 69. The number of esters is 1. The molecule has 0 aliphatic carbocycles. The number of unbranched alkanes of at least 4 members (excludes halogenated alkanes) is 58. The zero-order valence-corrected chi connectivity index (χ0v) is 53.4. The summed E-state index contributed by atoms with van der Waals surface area (Å²) in [6, 6.07) is -0.534. The van der Waals surface area contributed by atoms with Crippen molar-refractivity contribution < 1.29 is 24.5 Å². The van der Waals surface area contributed by atoms with E-state index in [-0.39, 0.29) is 18.5 Å². The summed E-state index contributed by atoms with van der Waals surface area (Å²) in [5.74, 6) is -0.00248. The van der Waals surface area contributed by atoms with E-state index in [4.69, 9.17) is 4.74 Å². The topological polar surface area (TPSA) is 95.9 Å². The number of carbonyl (C=O) groups excluding carboxylic acids is 2. The maximum absolute atomic E-state index is 12.5. The van der Waals surface area contributed by atoms with E-state index >= 15 is 0 Å². The molecule has 0 saturated heterocycles. The highest BCUT2D eigenvalue weighted by atomic mass is 16.5. The summed E-state index contributed by atoms with van der Waals surface area (Å²) in [5.41, 5.74) is 0. The van der Waals surface area contributed by atoms with Crippen molar-refractivity contribution in [2.75, 3.05) is 13.2 Å². The van der Waals surface area contributed by atoms with Crippen LogP contribution in [0, 0.1) is 0 Å². The monoisotopic (exact) mass is 1100 g/mol. The predicted octanol–water partition coefficient (Wildman–Crippen LogP) is 23.4. The molecule has 6 nitrogen and oxygen atoms in total. The van der Waals surface area contributed by atoms with Gasteiger partial charge in [0.2, 0.25) is 5.91 Å². The van der Waals surface area contributed by atoms with E-state index in [0.29, 0.717) is 25.9 Å². The van der Waals surface area contributed by atoms with E-state index in [0.717, 1.165) is 38.5 Å². The van der Waals surface area contributed by atoms with Gasteiger partial charge in [0, 0.05) is 12.8 Å². The highest BCUT2D eigenvalue weighted by Crippen LogP contribution is 2.20. The van der Waals surface area contributed by atoms with E-state index in [1.165, 1.54) is 353 Å². The van der Waals surface area contributed by atoms with Crippen LogP contribution in [0.5, 0.6) is 0 Å². The number of carbonyl (C=O) groups is 2. The molecule has 78 heavy (non-hydrogen) atoms. The zero-order chi connectivity index (χ0) is 56.4. The molecule has 0 aromatic carbocycles. The molecule has 0 radical (unpaired) electrons. The molecule has 0 heterocycles. The Morgan fingerprint density at radius 1 is 0.308 bits per heavy atom. The molecule has 2 atom stereocenters. The molecule has 6 heteroatoms. The van der Waals surface area contributed by atoms with E-state index in [1.807, 2.05) is 0 Å². The number of aliphatic hydroxyl groups excluding tert-OH is 2. The van der Waals surface area contributed by atoms with Crippen LogP contribution in [0.25, 0.3) is 0 Å². The van der Waals surface area contributed by atoms with Gasteiger partial charge in [-0.15, -0.1) is 0 Å². The molecule has 0 rings (SSSR count). The number of amides is 1. The van der Waals surface area contributed by atoms with Crippen molar-refractivity contribution in [3.05, 3.63) is 0 Å². The second-order valence-electron chi connectivity index (χ2n) is 25.3. The maximum Gasteiger partial charge on any atom is 0.305 e. The normalized spacial score (nSPS) is 12.4. The quantitative estimate of drug-likeness (QED) is 0.0417. The van der Waals surface area contributed by atoms with Gasteiger partial charge in [-0.05, 0) is 25.7 Å². The number of hydrogen-bond donors (Lipinski definition) is 3. The Bertz CT molecular complexity index is 1130. The third-order valence-electron chi connectivity index (χ3n) is 17.4. The van der Waals surface area contributed by atoms with Crippen LogP contribution in [0.3, 0.4) is 0 Å². The summed E-state index contributed by atoms with van der Waals surface area (Å²) in [7, 11) is 0. The van der Waals surface area contributed by atoms with Gasteiger partial charge >= 0.3 is 5.97 Å². The van der Waals surface area contributed by atoms with E-state index in [1.54, 1.807) is 0 Å². The van der Waals surface area contributed by atoms with Crippen LogP contribution in [0.2, 0.25) is 0 Å². The van der Waals surface area contributed by atoms with Crippen molar-refractivity contribution in [3.63, 3.8) is 0 Å². The van der Waals surface area contributed by atoms with Crippen molar-refractivity contribution in [2.45, 2.75) is 437 Å². The second kappa shape index (κ2) is 68.4. The Hall–Kier alpha value is -1.14. The Morgan fingerprint density at radius 3 is 0.782 bits per heavy atom. The molecule has 466 valence electrons. The number of ether oxygens (including phenoxy) is 1. The highest BCUT2D eigenvalue weighted by Gasteiger charge is 2.20. The first-order chi connectivity index (χ1) is 38.5. The van der Waals surface area contributed by atoms with E-state index < -0.39 is 12.1 Å². The molecule has 1 amide bonds. The summed E-state index contributed by atoms with van der Waals surface area (Å²) in [4.78, 5) is 24.5. The maximum atomic E-state index is 12.5. The second-order valence-corrected chi connectivity index (χ2v) is 25.3. The molecule has 0 aromatic heterocycles. The summed E-state index contributed by atoms with van der Waals surface area (Å²) in [6.07, 6.45) is 83.4. The Balaban J connectivity index is 3.26. The first-order valence-electron chi connectivity index (χ1n) is 36.3. The van der Waals surface area contributed by atoms with Gasteiger partial charge in [0.1, 0.15) is 0 Å². The fourth-order valence-electron chi connectivity index (χ4n) is 11.9. The molecule has 0 aliphatic rings. The van der Waals surface area contributed by atoms with Gasteiger partial charge in [0.25, 0.3) is 0 Å². The molecule has 0 spiro atoms. The van der Waals surface area contributed by atoms with Gasteiger partial charge in [-0.3, -0.25) is 9.59 Å². The van der Waals surface area contributed by atoms with Crippen LogP contribution in [0.1, 0.15) is 425 Å². The first kappa shape index (κ1) is 76.9. The highest BCUT2D eigenvalue weighted by molar-refractivity contribution is 5.76. The Labute approximate surface area is 489 Å². The van der Waals surface area contributed by atoms with Crippen molar-refractivity contribution in [2.24, 2.45) is 0 Å². The summed E-state index contributed by atoms with van der Waals surface area (Å²) < 4.78 is 5.48. The molecule has 0 fully saturated rings. The largest absolute Gasteiger partial charge is 0.466 e. The van der Waals surface area contributed by atoms with Gasteiger partial charge in [-0.2, -0.15) is 0 Å². The fourth-order valence-corrected chi connectivity index (χ4v) is 11.9. The lowest BCUT2D eigenvalue weighted by molar-refractivity contribution is -0.143. The molecule has 0 aromatic rings. The molecule has 0 bridgehead atoms. The van der Waals surface area contributed by atoms with Crippen molar-refractivity contribution in [3.8, 4) is 0 Å². The number of aliphatic hydroxyl groups is 2. The van der Waals surface area contributed by atoms with Crippen LogP contribution in [-0.2, 0) is 14.3 Å². The number of hydrogen-bond acceptors (Lipinski definition) is 5. The van der Waals surface area contributed by atoms with Gasteiger partial charge < -0.3 is 20.3 Å². The Morgan fingerprint density at radius 2 is 0.526 bits per heavy atom. The Kier molecular flexibility index (Phi) is 67.4. The number of nitrogens with one attached hydrogen (secondary N) is 1. The minimum absolute atomic E-state index is 0.0246. The van der Waals surface area contributed by atoms with Crippen molar-refractivity contribution in [1.82, 2.24) is 5.32 Å². The van der Waals surface area contributed by atoms with Crippen molar-refractivity contribution in [1.29, 1.82) is 0 Å². The lowest BCUT2D eigenvalue weighted by atomic mass is 10.0.